The summed E-state index contributed by atoms with van der Waals surface area (Å²) in [6, 6.07) is 12.8. The summed E-state index contributed by atoms with van der Waals surface area (Å²) in [5.74, 6) is 0.597. The van der Waals surface area contributed by atoms with E-state index in [-0.39, 0.29) is 12.3 Å². The summed E-state index contributed by atoms with van der Waals surface area (Å²) < 4.78 is 13.3. The fourth-order valence-electron chi connectivity index (χ4n) is 2.68. The van der Waals surface area contributed by atoms with Crippen LogP contribution in [0, 0.1) is 0 Å². The van der Waals surface area contributed by atoms with Gasteiger partial charge in [0.25, 0.3) is 0 Å². The van der Waals surface area contributed by atoms with Gasteiger partial charge in [0.2, 0.25) is 0 Å². The number of benzene rings is 2. The highest BCUT2D eigenvalue weighted by Crippen LogP contribution is 2.22. The van der Waals surface area contributed by atoms with Crippen molar-refractivity contribution in [2.24, 2.45) is 0 Å². The zero-order valence-electron chi connectivity index (χ0n) is 15.9. The summed E-state index contributed by atoms with van der Waals surface area (Å²) in [5.41, 5.74) is 1.44. The number of H-pyrrole nitrogens is 1. The highest BCUT2D eigenvalue weighted by Gasteiger charge is 2.15. The van der Waals surface area contributed by atoms with E-state index in [2.05, 4.69) is 26.2 Å². The van der Waals surface area contributed by atoms with Crippen LogP contribution in [0.15, 0.2) is 51.7 Å². The molecule has 0 aliphatic rings. The molecule has 0 saturated carbocycles. The van der Waals surface area contributed by atoms with Gasteiger partial charge in [0.1, 0.15) is 18.0 Å². The van der Waals surface area contributed by atoms with Gasteiger partial charge in [-0.05, 0) is 51.1 Å². The largest absolute Gasteiger partial charge is 0.492 e. The average molecular weight is 448 g/mol. The molecule has 0 spiro atoms. The molecule has 1 aromatic heterocycles. The van der Waals surface area contributed by atoms with E-state index in [0.29, 0.717) is 18.0 Å². The second kappa shape index (κ2) is 8.10. The lowest BCUT2D eigenvalue weighted by Crippen LogP contribution is -2.34. The van der Waals surface area contributed by atoms with Gasteiger partial charge in [-0.15, -0.1) is 0 Å². The number of aromatic nitrogens is 2. The third kappa shape index (κ3) is 4.95. The van der Waals surface area contributed by atoms with E-state index < -0.39 is 11.7 Å². The van der Waals surface area contributed by atoms with Crippen LogP contribution in [0.5, 0.6) is 5.75 Å². The third-order valence-corrected chi connectivity index (χ3v) is 4.25. The summed E-state index contributed by atoms with van der Waals surface area (Å²) in [6.07, 6.45) is -0.485. The Balaban J connectivity index is 1.69. The maximum Gasteiger partial charge on any atom is 0.407 e. The molecule has 2 N–H and O–H groups in total. The first-order chi connectivity index (χ1) is 13.2. The number of amides is 1. The van der Waals surface area contributed by atoms with Crippen molar-refractivity contribution < 1.29 is 14.3 Å². The monoisotopic (exact) mass is 447 g/mol. The molecule has 0 aliphatic heterocycles. The normalized spacial score (nSPS) is 11.4. The number of nitrogens with zero attached hydrogens (tertiary/aromatic N) is 1. The van der Waals surface area contributed by atoms with Crippen LogP contribution >= 0.6 is 15.9 Å². The van der Waals surface area contributed by atoms with Crippen molar-refractivity contribution in [3.8, 4) is 11.4 Å². The zero-order valence-corrected chi connectivity index (χ0v) is 17.5. The lowest BCUT2D eigenvalue weighted by Gasteiger charge is -2.19. The maximum atomic E-state index is 12.4. The first-order valence-electron chi connectivity index (χ1n) is 8.83. The Morgan fingerprint density at radius 3 is 2.75 bits per heavy atom. The van der Waals surface area contributed by atoms with E-state index in [9.17, 15) is 9.59 Å². The third-order valence-electron chi connectivity index (χ3n) is 3.76. The van der Waals surface area contributed by atoms with Crippen LogP contribution in [0.1, 0.15) is 20.8 Å². The average Bonchev–Trinajstić information content (AvgIpc) is 2.92. The SMILES string of the molecule is CC(C)(C)OC(=O)NCCOc1cccc(-n2c(=O)[nH]c3ccc(Br)cc32)c1. The van der Waals surface area contributed by atoms with Crippen LogP contribution in [0.2, 0.25) is 0 Å². The highest BCUT2D eigenvalue weighted by atomic mass is 79.9. The number of carbonyl (C=O) groups is 1. The Morgan fingerprint density at radius 1 is 1.21 bits per heavy atom. The Labute approximate surface area is 170 Å². The first-order valence-corrected chi connectivity index (χ1v) is 9.63. The Morgan fingerprint density at radius 2 is 2.00 bits per heavy atom. The van der Waals surface area contributed by atoms with E-state index in [1.807, 2.05) is 30.3 Å². The fourth-order valence-corrected chi connectivity index (χ4v) is 3.03. The van der Waals surface area contributed by atoms with Crippen LogP contribution in [0.3, 0.4) is 0 Å². The zero-order chi connectivity index (χ0) is 20.3. The number of ether oxygens (including phenoxy) is 2. The maximum absolute atomic E-state index is 12.4. The molecule has 0 fully saturated rings. The molecule has 148 valence electrons. The number of nitrogens with one attached hydrogen (secondary N) is 2. The molecule has 3 aromatic rings. The molecule has 0 radical (unpaired) electrons. The number of imidazole rings is 1. The van der Waals surface area contributed by atoms with Crippen LogP contribution in [-0.2, 0) is 4.74 Å². The predicted molar refractivity (Wildman–Crippen MR) is 111 cm³/mol. The van der Waals surface area contributed by atoms with Crippen molar-refractivity contribution in [2.45, 2.75) is 26.4 Å². The van der Waals surface area contributed by atoms with Gasteiger partial charge >= 0.3 is 11.8 Å². The smallest absolute Gasteiger partial charge is 0.407 e. The second-order valence-electron chi connectivity index (χ2n) is 7.20. The summed E-state index contributed by atoms with van der Waals surface area (Å²) in [7, 11) is 0. The van der Waals surface area contributed by atoms with E-state index in [4.69, 9.17) is 9.47 Å². The van der Waals surface area contributed by atoms with Crippen molar-refractivity contribution in [3.05, 3.63) is 57.4 Å². The van der Waals surface area contributed by atoms with Gasteiger partial charge in [-0.3, -0.25) is 4.57 Å². The second-order valence-corrected chi connectivity index (χ2v) is 8.12. The van der Waals surface area contributed by atoms with Gasteiger partial charge < -0.3 is 19.8 Å². The number of halogens is 1. The minimum Gasteiger partial charge on any atom is -0.492 e. The molecule has 0 saturated heterocycles. The number of hydrogen-bond donors (Lipinski definition) is 2. The van der Waals surface area contributed by atoms with Crippen LogP contribution in [0.4, 0.5) is 4.79 Å². The highest BCUT2D eigenvalue weighted by molar-refractivity contribution is 9.10. The first kappa shape index (κ1) is 20.0. The molecule has 0 atom stereocenters. The number of hydrogen-bond acceptors (Lipinski definition) is 4. The fraction of sp³-hybridized carbons (Fsp3) is 0.300. The lowest BCUT2D eigenvalue weighted by molar-refractivity contribution is 0.0520. The van der Waals surface area contributed by atoms with Gasteiger partial charge in [-0.1, -0.05) is 22.0 Å². The minimum atomic E-state index is -0.541. The van der Waals surface area contributed by atoms with Crippen molar-refractivity contribution in [1.29, 1.82) is 0 Å². The molecule has 8 heteroatoms. The molecule has 0 unspecified atom stereocenters. The predicted octanol–water partition coefficient (Wildman–Crippen LogP) is 3.98. The topological polar surface area (TPSA) is 85.3 Å². The summed E-state index contributed by atoms with van der Waals surface area (Å²) in [5, 5.41) is 2.64. The standard InChI is InChI=1S/C20H22BrN3O4/c1-20(2,3)28-19(26)22-9-10-27-15-6-4-5-14(12-15)24-17-11-13(21)7-8-16(17)23-18(24)25/h4-8,11-12H,9-10H2,1-3H3,(H,22,26)(H,23,25). The van der Waals surface area contributed by atoms with Crippen LogP contribution in [0.25, 0.3) is 16.7 Å². The van der Waals surface area contributed by atoms with Gasteiger partial charge in [0, 0.05) is 10.5 Å². The van der Waals surface area contributed by atoms with Crippen molar-refractivity contribution in [1.82, 2.24) is 14.9 Å². The van der Waals surface area contributed by atoms with Crippen molar-refractivity contribution >= 4 is 33.1 Å². The van der Waals surface area contributed by atoms with Gasteiger partial charge in [-0.25, -0.2) is 9.59 Å². The number of alkyl carbamates (subject to hydrolysis) is 1. The van der Waals surface area contributed by atoms with E-state index in [0.717, 1.165) is 15.5 Å². The quantitative estimate of drug-likeness (QED) is 0.579. The molecule has 7 nitrogen and oxygen atoms in total. The number of fused-ring (bicyclic) bond motifs is 1. The minimum absolute atomic E-state index is 0.225. The Bertz CT molecular complexity index is 1050. The summed E-state index contributed by atoms with van der Waals surface area (Å²) >= 11 is 3.44. The van der Waals surface area contributed by atoms with E-state index in [1.165, 1.54) is 0 Å². The number of aromatic amines is 1. The molecule has 0 aliphatic carbocycles. The van der Waals surface area contributed by atoms with Gasteiger partial charge in [-0.2, -0.15) is 0 Å². The molecular weight excluding hydrogens is 426 g/mol. The van der Waals surface area contributed by atoms with Crippen LogP contribution in [-0.4, -0.2) is 34.4 Å². The number of carbonyl (C=O) groups excluding carboxylic acids is 1. The summed E-state index contributed by atoms with van der Waals surface area (Å²) in [6.45, 7) is 6.00. The number of rotatable bonds is 5. The molecule has 1 amide bonds. The molecule has 0 bridgehead atoms. The molecule has 1 heterocycles. The Kier molecular flexibility index (Phi) is 5.79. The van der Waals surface area contributed by atoms with E-state index in [1.54, 1.807) is 37.5 Å². The van der Waals surface area contributed by atoms with Gasteiger partial charge in [0.05, 0.1) is 23.3 Å². The van der Waals surface area contributed by atoms with Crippen LogP contribution < -0.4 is 15.7 Å². The van der Waals surface area contributed by atoms with Crippen molar-refractivity contribution in [3.63, 3.8) is 0 Å². The lowest BCUT2D eigenvalue weighted by atomic mass is 10.2. The summed E-state index contributed by atoms with van der Waals surface area (Å²) in [4.78, 5) is 26.9. The van der Waals surface area contributed by atoms with E-state index >= 15 is 0 Å². The van der Waals surface area contributed by atoms with Crippen molar-refractivity contribution in [2.75, 3.05) is 13.2 Å². The van der Waals surface area contributed by atoms with Gasteiger partial charge in [0.15, 0.2) is 0 Å². The Hall–Kier alpha value is -2.74. The molecule has 3 rings (SSSR count). The molecule has 28 heavy (non-hydrogen) atoms. The molecule has 2 aromatic carbocycles. The molecular formula is C20H22BrN3O4.